The van der Waals surface area contributed by atoms with Crippen LogP contribution in [0.4, 0.5) is 5.82 Å². The lowest BCUT2D eigenvalue weighted by molar-refractivity contribution is -0.142. The van der Waals surface area contributed by atoms with E-state index >= 15 is 0 Å². The molecule has 104 valence electrons. The van der Waals surface area contributed by atoms with Crippen molar-refractivity contribution in [3.63, 3.8) is 0 Å². The summed E-state index contributed by atoms with van der Waals surface area (Å²) in [5.41, 5.74) is 0. The van der Waals surface area contributed by atoms with Crippen LogP contribution in [0.1, 0.15) is 13.8 Å². The fraction of sp³-hybridized carbons (Fsp3) is 0.417. The summed E-state index contributed by atoms with van der Waals surface area (Å²) < 4.78 is 0. The summed E-state index contributed by atoms with van der Waals surface area (Å²) in [4.78, 5) is 27.4. The van der Waals surface area contributed by atoms with Crippen LogP contribution in [-0.2, 0) is 9.59 Å². The molecular weight excluding hydrogens is 272 g/mol. The molecule has 2 N–H and O–H groups in total. The molecule has 0 bridgehead atoms. The van der Waals surface area contributed by atoms with E-state index in [1.807, 2.05) is 0 Å². The minimum absolute atomic E-state index is 0.0530. The van der Waals surface area contributed by atoms with Gasteiger partial charge in [0.2, 0.25) is 0 Å². The third kappa shape index (κ3) is 4.10. The van der Waals surface area contributed by atoms with Crippen LogP contribution in [0.3, 0.4) is 0 Å². The maximum Gasteiger partial charge on any atom is 0.326 e. The maximum absolute atomic E-state index is 11.1. The standard InChI is InChI=1S/C12H15ClN2O4/c1-7(11(16)17)6-15(8(2)12(18)19)10-4-3-9(13)5-14-10/h3-5,7-8H,6H2,1-2H3,(H,16,17)(H,18,19). The highest BCUT2D eigenvalue weighted by molar-refractivity contribution is 6.30. The number of nitrogens with zero attached hydrogens (tertiary/aromatic N) is 2. The first-order valence-corrected chi connectivity index (χ1v) is 6.04. The molecule has 0 amide bonds. The molecule has 0 aromatic carbocycles. The van der Waals surface area contributed by atoms with Gasteiger partial charge >= 0.3 is 11.9 Å². The van der Waals surface area contributed by atoms with Crippen LogP contribution < -0.4 is 4.90 Å². The van der Waals surface area contributed by atoms with Crippen LogP contribution >= 0.6 is 11.6 Å². The fourth-order valence-electron chi connectivity index (χ4n) is 1.49. The summed E-state index contributed by atoms with van der Waals surface area (Å²) in [6.07, 6.45) is 1.39. The second-order valence-electron chi connectivity index (χ2n) is 4.24. The number of anilines is 1. The van der Waals surface area contributed by atoms with Crippen LogP contribution in [0, 0.1) is 5.92 Å². The Kier molecular flexibility index (Phi) is 5.11. The van der Waals surface area contributed by atoms with E-state index in [4.69, 9.17) is 21.8 Å². The number of carboxylic acids is 2. The van der Waals surface area contributed by atoms with E-state index in [1.54, 1.807) is 12.1 Å². The first-order valence-electron chi connectivity index (χ1n) is 5.66. The number of aliphatic carboxylic acids is 2. The summed E-state index contributed by atoms with van der Waals surface area (Å²) in [6.45, 7) is 3.05. The fourth-order valence-corrected chi connectivity index (χ4v) is 1.61. The summed E-state index contributed by atoms with van der Waals surface area (Å²) in [5.74, 6) is -2.36. The van der Waals surface area contributed by atoms with E-state index in [0.29, 0.717) is 10.8 Å². The van der Waals surface area contributed by atoms with Crippen molar-refractivity contribution in [1.29, 1.82) is 0 Å². The number of hydrogen-bond donors (Lipinski definition) is 2. The van der Waals surface area contributed by atoms with Gasteiger partial charge in [-0.25, -0.2) is 9.78 Å². The highest BCUT2D eigenvalue weighted by Crippen LogP contribution is 2.18. The molecule has 0 aliphatic rings. The normalized spacial score (nSPS) is 13.6. The lowest BCUT2D eigenvalue weighted by Gasteiger charge is -2.29. The minimum Gasteiger partial charge on any atom is -0.481 e. The van der Waals surface area contributed by atoms with E-state index in [-0.39, 0.29) is 6.54 Å². The zero-order valence-corrected chi connectivity index (χ0v) is 11.3. The third-order valence-corrected chi connectivity index (χ3v) is 2.95. The number of halogens is 1. The number of aromatic nitrogens is 1. The van der Waals surface area contributed by atoms with Gasteiger partial charge < -0.3 is 15.1 Å². The molecule has 7 heteroatoms. The van der Waals surface area contributed by atoms with Gasteiger partial charge in [-0.15, -0.1) is 0 Å². The van der Waals surface area contributed by atoms with Crippen molar-refractivity contribution in [2.75, 3.05) is 11.4 Å². The van der Waals surface area contributed by atoms with Crippen LogP contribution in [-0.4, -0.2) is 39.7 Å². The zero-order chi connectivity index (χ0) is 14.6. The van der Waals surface area contributed by atoms with Gasteiger partial charge in [0.25, 0.3) is 0 Å². The summed E-state index contributed by atoms with van der Waals surface area (Å²) >= 11 is 5.72. The second kappa shape index (κ2) is 6.38. The van der Waals surface area contributed by atoms with Gasteiger partial charge in [-0.3, -0.25) is 4.79 Å². The van der Waals surface area contributed by atoms with E-state index < -0.39 is 23.9 Å². The van der Waals surface area contributed by atoms with E-state index in [9.17, 15) is 9.59 Å². The van der Waals surface area contributed by atoms with Crippen molar-refractivity contribution < 1.29 is 19.8 Å². The molecule has 6 nitrogen and oxygen atoms in total. The molecule has 0 fully saturated rings. The molecular formula is C12H15ClN2O4. The molecule has 0 saturated carbocycles. The number of hydrogen-bond acceptors (Lipinski definition) is 4. The maximum atomic E-state index is 11.1. The number of carbonyl (C=O) groups is 2. The Labute approximate surface area is 115 Å². The molecule has 2 unspecified atom stereocenters. The number of rotatable bonds is 6. The first-order chi connectivity index (χ1) is 8.82. The second-order valence-corrected chi connectivity index (χ2v) is 4.68. The number of carboxylic acid groups (broad SMARTS) is 2. The Hall–Kier alpha value is -1.82. The molecule has 0 aliphatic heterocycles. The quantitative estimate of drug-likeness (QED) is 0.828. The summed E-state index contributed by atoms with van der Waals surface area (Å²) in [5, 5.41) is 18.4. The van der Waals surface area contributed by atoms with Gasteiger partial charge in [0.1, 0.15) is 11.9 Å². The number of pyridine rings is 1. The van der Waals surface area contributed by atoms with Gasteiger partial charge in [0.05, 0.1) is 10.9 Å². The van der Waals surface area contributed by atoms with Crippen molar-refractivity contribution in [1.82, 2.24) is 4.98 Å². The van der Waals surface area contributed by atoms with Gasteiger partial charge in [-0.05, 0) is 19.1 Å². The molecule has 0 aliphatic carbocycles. The van der Waals surface area contributed by atoms with Crippen LogP contribution in [0.2, 0.25) is 5.02 Å². The molecule has 0 saturated heterocycles. The van der Waals surface area contributed by atoms with Crippen molar-refractivity contribution in [2.24, 2.45) is 5.92 Å². The topological polar surface area (TPSA) is 90.7 Å². The zero-order valence-electron chi connectivity index (χ0n) is 10.6. The smallest absolute Gasteiger partial charge is 0.326 e. The summed E-state index contributed by atoms with van der Waals surface area (Å²) in [6, 6.07) is 2.27. The monoisotopic (exact) mass is 286 g/mol. The summed E-state index contributed by atoms with van der Waals surface area (Å²) in [7, 11) is 0. The van der Waals surface area contributed by atoms with Crippen molar-refractivity contribution in [2.45, 2.75) is 19.9 Å². The van der Waals surface area contributed by atoms with E-state index in [2.05, 4.69) is 4.98 Å². The highest BCUT2D eigenvalue weighted by atomic mass is 35.5. The SMILES string of the molecule is CC(CN(c1ccc(Cl)cn1)C(C)C(=O)O)C(=O)O. The van der Waals surface area contributed by atoms with Crippen LogP contribution in [0.25, 0.3) is 0 Å². The van der Waals surface area contributed by atoms with Gasteiger partial charge in [0, 0.05) is 12.7 Å². The molecule has 1 aromatic heterocycles. The Morgan fingerprint density at radius 1 is 1.32 bits per heavy atom. The van der Waals surface area contributed by atoms with Crippen molar-refractivity contribution in [3.8, 4) is 0 Å². The lowest BCUT2D eigenvalue weighted by atomic mass is 10.1. The Balaban J connectivity index is 3.01. The average Bonchev–Trinajstić information content (AvgIpc) is 2.35. The van der Waals surface area contributed by atoms with Crippen molar-refractivity contribution in [3.05, 3.63) is 23.4 Å². The molecule has 1 rings (SSSR count). The largest absolute Gasteiger partial charge is 0.481 e. The Morgan fingerprint density at radius 3 is 2.37 bits per heavy atom. The average molecular weight is 287 g/mol. The van der Waals surface area contributed by atoms with Crippen LogP contribution in [0.5, 0.6) is 0 Å². The molecule has 2 atom stereocenters. The van der Waals surface area contributed by atoms with Gasteiger partial charge in [0.15, 0.2) is 0 Å². The van der Waals surface area contributed by atoms with E-state index in [0.717, 1.165) is 0 Å². The van der Waals surface area contributed by atoms with Crippen molar-refractivity contribution >= 4 is 29.4 Å². The lowest BCUT2D eigenvalue weighted by Crippen LogP contribution is -2.43. The molecule has 1 aromatic rings. The molecule has 0 radical (unpaired) electrons. The Bertz CT molecular complexity index is 463. The minimum atomic E-state index is -1.05. The highest BCUT2D eigenvalue weighted by Gasteiger charge is 2.25. The first kappa shape index (κ1) is 15.2. The predicted octanol–water partition coefficient (Wildman–Crippen LogP) is 1.74. The van der Waals surface area contributed by atoms with E-state index in [1.165, 1.54) is 24.9 Å². The predicted molar refractivity (Wildman–Crippen MR) is 70.5 cm³/mol. The van der Waals surface area contributed by atoms with Gasteiger partial charge in [-0.1, -0.05) is 18.5 Å². The third-order valence-electron chi connectivity index (χ3n) is 2.72. The molecule has 0 spiro atoms. The van der Waals surface area contributed by atoms with Crippen LogP contribution in [0.15, 0.2) is 18.3 Å². The molecule has 19 heavy (non-hydrogen) atoms. The molecule has 1 heterocycles. The van der Waals surface area contributed by atoms with Gasteiger partial charge in [-0.2, -0.15) is 0 Å². The Morgan fingerprint density at radius 2 is 1.95 bits per heavy atom.